The van der Waals surface area contributed by atoms with Gasteiger partial charge in [0.25, 0.3) is 5.91 Å². The summed E-state index contributed by atoms with van der Waals surface area (Å²) >= 11 is 7.04. The molecule has 0 spiro atoms. The van der Waals surface area contributed by atoms with Gasteiger partial charge >= 0.3 is 0 Å². The number of nitrogens with one attached hydrogen (secondary N) is 1. The molecule has 0 bridgehead atoms. The molecular formula is C12H11ClN2OS. The van der Waals surface area contributed by atoms with Gasteiger partial charge in [0.2, 0.25) is 0 Å². The van der Waals surface area contributed by atoms with Crippen LogP contribution in [0.2, 0.25) is 5.15 Å². The topological polar surface area (TPSA) is 42.0 Å². The first-order chi connectivity index (χ1) is 8.18. The molecule has 0 fully saturated rings. The normalized spacial score (nSPS) is 12.1. The Labute approximate surface area is 108 Å². The van der Waals surface area contributed by atoms with E-state index in [-0.39, 0.29) is 17.1 Å². The van der Waals surface area contributed by atoms with E-state index in [1.54, 1.807) is 5.51 Å². The van der Waals surface area contributed by atoms with Gasteiger partial charge < -0.3 is 5.32 Å². The monoisotopic (exact) mass is 266 g/mol. The summed E-state index contributed by atoms with van der Waals surface area (Å²) in [5.74, 6) is -0.186. The lowest BCUT2D eigenvalue weighted by molar-refractivity contribution is 0.0944. The molecule has 1 aromatic carbocycles. The Balaban J connectivity index is 2.08. The third-order valence-corrected chi connectivity index (χ3v) is 3.60. The van der Waals surface area contributed by atoms with E-state index < -0.39 is 0 Å². The molecule has 0 aliphatic rings. The van der Waals surface area contributed by atoms with Gasteiger partial charge in [0, 0.05) is 0 Å². The zero-order valence-corrected chi connectivity index (χ0v) is 10.8. The van der Waals surface area contributed by atoms with Gasteiger partial charge in [-0.25, -0.2) is 4.98 Å². The number of thiazole rings is 1. The summed E-state index contributed by atoms with van der Waals surface area (Å²) in [7, 11) is 0. The maximum Gasteiger partial charge on any atom is 0.265 e. The molecule has 3 nitrogen and oxygen atoms in total. The number of carbonyl (C=O) groups is 1. The maximum absolute atomic E-state index is 11.9. The summed E-state index contributed by atoms with van der Waals surface area (Å²) in [5.41, 5.74) is 2.62. The minimum absolute atomic E-state index is 0.0538. The Morgan fingerprint density at radius 1 is 1.41 bits per heavy atom. The highest BCUT2D eigenvalue weighted by Gasteiger charge is 2.15. The van der Waals surface area contributed by atoms with Crippen LogP contribution < -0.4 is 5.32 Å². The van der Waals surface area contributed by atoms with Crippen molar-refractivity contribution in [1.29, 1.82) is 0 Å². The molecule has 0 saturated carbocycles. The third-order valence-electron chi connectivity index (χ3n) is 2.38. The fraction of sp³-hybridized carbons (Fsp3) is 0.167. The van der Waals surface area contributed by atoms with Crippen LogP contribution in [0.3, 0.4) is 0 Å². The van der Waals surface area contributed by atoms with Crippen molar-refractivity contribution in [2.45, 2.75) is 13.0 Å². The predicted octanol–water partition coefficient (Wildman–Crippen LogP) is 3.29. The maximum atomic E-state index is 11.9. The van der Waals surface area contributed by atoms with Crippen molar-refractivity contribution in [1.82, 2.24) is 10.3 Å². The van der Waals surface area contributed by atoms with Crippen LogP contribution in [0.15, 0.2) is 35.8 Å². The fourth-order valence-electron chi connectivity index (χ4n) is 1.47. The average molecular weight is 267 g/mol. The van der Waals surface area contributed by atoms with Gasteiger partial charge in [-0.05, 0) is 12.5 Å². The first-order valence-corrected chi connectivity index (χ1v) is 6.39. The molecule has 0 unspecified atom stereocenters. The van der Waals surface area contributed by atoms with Crippen LogP contribution >= 0.6 is 22.9 Å². The number of halogens is 1. The molecular weight excluding hydrogens is 256 g/mol. The Bertz CT molecular complexity index is 512. The zero-order valence-electron chi connectivity index (χ0n) is 9.18. The smallest absolute Gasteiger partial charge is 0.265 e. The lowest BCUT2D eigenvalue weighted by atomic mass is 10.1. The molecule has 0 aliphatic carbocycles. The van der Waals surface area contributed by atoms with Gasteiger partial charge in [0.1, 0.15) is 4.88 Å². The highest BCUT2D eigenvalue weighted by molar-refractivity contribution is 7.12. The van der Waals surface area contributed by atoms with Crippen LogP contribution in [-0.4, -0.2) is 10.9 Å². The molecule has 2 rings (SSSR count). The second kappa shape index (κ2) is 5.29. The molecule has 0 saturated heterocycles. The zero-order chi connectivity index (χ0) is 12.3. The van der Waals surface area contributed by atoms with E-state index in [2.05, 4.69) is 10.3 Å². The fourth-order valence-corrected chi connectivity index (χ4v) is 2.37. The van der Waals surface area contributed by atoms with Crippen molar-refractivity contribution >= 4 is 28.8 Å². The number of hydrogen-bond donors (Lipinski definition) is 1. The van der Waals surface area contributed by atoms with E-state index in [0.29, 0.717) is 4.88 Å². The van der Waals surface area contributed by atoms with E-state index in [9.17, 15) is 4.79 Å². The van der Waals surface area contributed by atoms with Crippen LogP contribution in [0.25, 0.3) is 0 Å². The number of nitrogens with zero attached hydrogens (tertiary/aromatic N) is 1. The number of amides is 1. The molecule has 88 valence electrons. The molecule has 2 aromatic rings. The predicted molar refractivity (Wildman–Crippen MR) is 69.4 cm³/mol. The average Bonchev–Trinajstić information content (AvgIpc) is 2.76. The highest BCUT2D eigenvalue weighted by atomic mass is 35.5. The second-order valence-corrected chi connectivity index (χ2v) is 4.79. The van der Waals surface area contributed by atoms with Gasteiger partial charge in [-0.3, -0.25) is 4.79 Å². The first-order valence-electron chi connectivity index (χ1n) is 5.13. The summed E-state index contributed by atoms with van der Waals surface area (Å²) in [5, 5.41) is 3.14. The van der Waals surface area contributed by atoms with E-state index in [4.69, 9.17) is 11.6 Å². The van der Waals surface area contributed by atoms with Crippen LogP contribution in [0.1, 0.15) is 28.2 Å². The van der Waals surface area contributed by atoms with Gasteiger partial charge in [-0.15, -0.1) is 11.3 Å². The van der Waals surface area contributed by atoms with E-state index in [1.165, 1.54) is 11.3 Å². The van der Waals surface area contributed by atoms with E-state index in [0.717, 1.165) is 5.56 Å². The third kappa shape index (κ3) is 2.84. The summed E-state index contributed by atoms with van der Waals surface area (Å²) in [6, 6.07) is 9.72. The van der Waals surface area contributed by atoms with E-state index in [1.807, 2.05) is 37.3 Å². The standard InChI is InChI=1S/C12H11ClN2OS/c1-8(9-5-3-2-4-6-9)15-12(16)10-11(13)14-7-17-10/h2-8H,1H3,(H,15,16)/t8-/m0/s1. The van der Waals surface area contributed by atoms with Crippen molar-refractivity contribution in [2.75, 3.05) is 0 Å². The Morgan fingerprint density at radius 2 is 2.12 bits per heavy atom. The van der Waals surface area contributed by atoms with Crippen LogP contribution in [0.4, 0.5) is 0 Å². The minimum atomic E-state index is -0.186. The lowest BCUT2D eigenvalue weighted by Gasteiger charge is -2.13. The van der Waals surface area contributed by atoms with Crippen LogP contribution in [0, 0.1) is 0 Å². The van der Waals surface area contributed by atoms with Crippen molar-refractivity contribution in [3.05, 3.63) is 51.4 Å². The number of carbonyl (C=O) groups excluding carboxylic acids is 1. The molecule has 1 aromatic heterocycles. The Morgan fingerprint density at radius 3 is 2.71 bits per heavy atom. The number of benzene rings is 1. The van der Waals surface area contributed by atoms with Gasteiger partial charge in [-0.2, -0.15) is 0 Å². The highest BCUT2D eigenvalue weighted by Crippen LogP contribution is 2.20. The first kappa shape index (κ1) is 12.1. The largest absolute Gasteiger partial charge is 0.345 e. The molecule has 0 aliphatic heterocycles. The van der Waals surface area contributed by atoms with Crippen LogP contribution in [-0.2, 0) is 0 Å². The minimum Gasteiger partial charge on any atom is -0.345 e. The van der Waals surface area contributed by atoms with Gasteiger partial charge in [-0.1, -0.05) is 41.9 Å². The molecule has 1 heterocycles. The quantitative estimate of drug-likeness (QED) is 0.926. The summed E-state index contributed by atoms with van der Waals surface area (Å²) < 4.78 is 0. The number of hydrogen-bond acceptors (Lipinski definition) is 3. The summed E-state index contributed by atoms with van der Waals surface area (Å²) in [6.07, 6.45) is 0. The Hall–Kier alpha value is -1.39. The number of aromatic nitrogens is 1. The summed E-state index contributed by atoms with van der Waals surface area (Å²) in [6.45, 7) is 1.93. The molecule has 1 amide bonds. The molecule has 5 heteroatoms. The second-order valence-electron chi connectivity index (χ2n) is 3.58. The van der Waals surface area contributed by atoms with Crippen molar-refractivity contribution in [2.24, 2.45) is 0 Å². The summed E-state index contributed by atoms with van der Waals surface area (Å²) in [4.78, 5) is 16.2. The lowest BCUT2D eigenvalue weighted by Crippen LogP contribution is -2.26. The molecule has 0 radical (unpaired) electrons. The van der Waals surface area contributed by atoms with Crippen LogP contribution in [0.5, 0.6) is 0 Å². The van der Waals surface area contributed by atoms with Crippen molar-refractivity contribution in [3.8, 4) is 0 Å². The SMILES string of the molecule is C[C@H](NC(=O)c1scnc1Cl)c1ccccc1. The van der Waals surface area contributed by atoms with Gasteiger partial charge in [0.15, 0.2) is 5.15 Å². The van der Waals surface area contributed by atoms with E-state index >= 15 is 0 Å². The Kier molecular flexibility index (Phi) is 3.76. The van der Waals surface area contributed by atoms with Gasteiger partial charge in [0.05, 0.1) is 11.6 Å². The number of rotatable bonds is 3. The van der Waals surface area contributed by atoms with Crippen molar-refractivity contribution in [3.63, 3.8) is 0 Å². The van der Waals surface area contributed by atoms with Crippen molar-refractivity contribution < 1.29 is 4.79 Å². The molecule has 17 heavy (non-hydrogen) atoms. The molecule has 1 N–H and O–H groups in total. The molecule has 1 atom stereocenters.